The predicted octanol–water partition coefficient (Wildman–Crippen LogP) is 4.10. The second kappa shape index (κ2) is 4.13. The molecule has 2 aromatic rings. The molecule has 0 aliphatic rings. The number of nitrogen functional groups attached to an aromatic ring is 1. The van der Waals surface area contributed by atoms with Crippen LogP contribution in [0.1, 0.15) is 5.56 Å². The summed E-state index contributed by atoms with van der Waals surface area (Å²) >= 11 is 7.00. The number of nitrogens with two attached hydrogens (primary N) is 1. The first-order valence-electron chi connectivity index (χ1n) is 4.17. The van der Waals surface area contributed by atoms with Crippen LogP contribution in [0.2, 0.25) is 0 Å². The number of hydrogen-bond donors (Lipinski definition) is 1. The van der Waals surface area contributed by atoms with Gasteiger partial charge in [0.2, 0.25) is 0 Å². The fourth-order valence-corrected chi connectivity index (χ4v) is 3.51. The van der Waals surface area contributed by atoms with Gasteiger partial charge in [-0.25, -0.2) is 0 Å². The third kappa shape index (κ3) is 1.66. The van der Waals surface area contributed by atoms with Crippen LogP contribution in [-0.4, -0.2) is 6.26 Å². The highest BCUT2D eigenvalue weighted by atomic mass is 79.9. The molecule has 1 heterocycles. The van der Waals surface area contributed by atoms with Gasteiger partial charge in [0.1, 0.15) is 0 Å². The standard InChI is InChI=1S/C10H10BrNS2/c1-13-9-4-7-8(14-9)3-2-6(5-11)10(7)12/h2-4H,5,12H2,1H3. The van der Waals surface area contributed by atoms with Crippen LogP contribution in [0, 0.1) is 0 Å². The van der Waals surface area contributed by atoms with E-state index in [1.807, 2.05) is 0 Å². The Kier molecular flexibility index (Phi) is 3.04. The Bertz CT molecular complexity index is 464. The Morgan fingerprint density at radius 1 is 1.50 bits per heavy atom. The zero-order valence-corrected chi connectivity index (χ0v) is 10.9. The minimum atomic E-state index is 0.819. The molecule has 0 radical (unpaired) electrons. The van der Waals surface area contributed by atoms with Gasteiger partial charge >= 0.3 is 0 Å². The van der Waals surface area contributed by atoms with Gasteiger partial charge in [-0.2, -0.15) is 0 Å². The van der Waals surface area contributed by atoms with E-state index in [1.54, 1.807) is 23.1 Å². The van der Waals surface area contributed by atoms with Crippen LogP contribution in [0.25, 0.3) is 10.1 Å². The predicted molar refractivity (Wildman–Crippen MR) is 70.6 cm³/mol. The highest BCUT2D eigenvalue weighted by Crippen LogP contribution is 2.36. The molecule has 2 N–H and O–H groups in total. The molecule has 2 rings (SSSR count). The van der Waals surface area contributed by atoms with Gasteiger partial charge in [-0.1, -0.05) is 22.0 Å². The number of fused-ring (bicyclic) bond motifs is 1. The summed E-state index contributed by atoms with van der Waals surface area (Å²) in [5, 5.41) is 2.01. The zero-order chi connectivity index (χ0) is 10.1. The van der Waals surface area contributed by atoms with Crippen molar-refractivity contribution in [2.24, 2.45) is 0 Å². The van der Waals surface area contributed by atoms with Crippen molar-refractivity contribution >= 4 is 54.8 Å². The second-order valence-electron chi connectivity index (χ2n) is 2.95. The summed E-state index contributed by atoms with van der Waals surface area (Å²) in [6, 6.07) is 6.41. The van der Waals surface area contributed by atoms with Crippen LogP contribution in [-0.2, 0) is 5.33 Å². The Morgan fingerprint density at radius 3 is 2.93 bits per heavy atom. The molecule has 0 saturated heterocycles. The lowest BCUT2D eigenvalue weighted by Crippen LogP contribution is -1.91. The lowest BCUT2D eigenvalue weighted by Gasteiger charge is -2.02. The molecule has 0 saturated carbocycles. The first-order valence-corrected chi connectivity index (χ1v) is 7.33. The molecule has 0 aliphatic heterocycles. The van der Waals surface area contributed by atoms with E-state index in [-0.39, 0.29) is 0 Å². The van der Waals surface area contributed by atoms with Gasteiger partial charge in [0, 0.05) is 21.1 Å². The summed E-state index contributed by atoms with van der Waals surface area (Å²) in [5.41, 5.74) is 8.15. The van der Waals surface area contributed by atoms with E-state index < -0.39 is 0 Å². The number of benzene rings is 1. The van der Waals surface area contributed by atoms with Gasteiger partial charge < -0.3 is 5.73 Å². The lowest BCUT2D eigenvalue weighted by molar-refractivity contribution is 1.47. The van der Waals surface area contributed by atoms with E-state index in [1.165, 1.54) is 19.9 Å². The summed E-state index contributed by atoms with van der Waals surface area (Å²) in [5.74, 6) is 0. The molecule has 1 nitrogen and oxygen atoms in total. The Morgan fingerprint density at radius 2 is 2.29 bits per heavy atom. The Hall–Kier alpha value is -0.190. The smallest absolute Gasteiger partial charge is 0.0609 e. The van der Waals surface area contributed by atoms with Gasteiger partial charge in [0.05, 0.1) is 4.21 Å². The number of halogens is 1. The summed E-state index contributed by atoms with van der Waals surface area (Å²) < 4.78 is 2.59. The van der Waals surface area contributed by atoms with Crippen molar-refractivity contribution in [3.05, 3.63) is 23.8 Å². The molecule has 4 heteroatoms. The Labute approximate surface area is 99.8 Å². The second-order valence-corrected chi connectivity index (χ2v) is 5.70. The van der Waals surface area contributed by atoms with E-state index >= 15 is 0 Å². The molecule has 1 aromatic heterocycles. The maximum absolute atomic E-state index is 6.06. The molecule has 74 valence electrons. The fraction of sp³-hybridized carbons (Fsp3) is 0.200. The molecule has 0 unspecified atom stereocenters. The monoisotopic (exact) mass is 287 g/mol. The largest absolute Gasteiger partial charge is 0.398 e. The van der Waals surface area contributed by atoms with Crippen LogP contribution < -0.4 is 5.73 Å². The first kappa shape index (κ1) is 10.3. The molecule has 14 heavy (non-hydrogen) atoms. The van der Waals surface area contributed by atoms with Crippen molar-refractivity contribution in [1.29, 1.82) is 0 Å². The molecule has 0 fully saturated rings. The van der Waals surface area contributed by atoms with E-state index in [2.05, 4.69) is 40.4 Å². The average Bonchev–Trinajstić information content (AvgIpc) is 2.62. The molecular formula is C10H10BrNS2. The molecule has 0 bridgehead atoms. The van der Waals surface area contributed by atoms with E-state index in [0.717, 1.165) is 11.0 Å². The maximum atomic E-state index is 6.06. The van der Waals surface area contributed by atoms with E-state index in [9.17, 15) is 0 Å². The lowest BCUT2D eigenvalue weighted by atomic mass is 10.1. The van der Waals surface area contributed by atoms with Crippen molar-refractivity contribution in [2.45, 2.75) is 9.54 Å². The van der Waals surface area contributed by atoms with Crippen LogP contribution in [0.4, 0.5) is 5.69 Å². The first-order chi connectivity index (χ1) is 6.76. The fourth-order valence-electron chi connectivity index (χ4n) is 1.37. The van der Waals surface area contributed by atoms with Gasteiger partial charge in [-0.05, 0) is 24.0 Å². The average molecular weight is 288 g/mol. The quantitative estimate of drug-likeness (QED) is 0.511. The van der Waals surface area contributed by atoms with Gasteiger partial charge in [-0.15, -0.1) is 23.1 Å². The minimum absolute atomic E-state index is 0.819. The van der Waals surface area contributed by atoms with Crippen LogP contribution in [0.3, 0.4) is 0 Å². The van der Waals surface area contributed by atoms with Crippen LogP contribution in [0.15, 0.2) is 22.4 Å². The van der Waals surface area contributed by atoms with Gasteiger partial charge in [0.25, 0.3) is 0 Å². The number of alkyl halides is 1. The summed E-state index contributed by atoms with van der Waals surface area (Å²) in [6.07, 6.45) is 2.09. The van der Waals surface area contributed by atoms with Crippen molar-refractivity contribution in [3.8, 4) is 0 Å². The molecule has 0 atom stereocenters. The third-order valence-electron chi connectivity index (χ3n) is 2.16. The number of thiophene rings is 1. The molecular weight excluding hydrogens is 278 g/mol. The van der Waals surface area contributed by atoms with Crippen LogP contribution in [0.5, 0.6) is 0 Å². The van der Waals surface area contributed by atoms with Crippen molar-refractivity contribution in [1.82, 2.24) is 0 Å². The maximum Gasteiger partial charge on any atom is 0.0609 e. The molecule has 1 aromatic carbocycles. The summed E-state index contributed by atoms with van der Waals surface area (Å²) in [7, 11) is 0. The van der Waals surface area contributed by atoms with Crippen molar-refractivity contribution in [2.75, 3.05) is 12.0 Å². The van der Waals surface area contributed by atoms with Crippen molar-refractivity contribution < 1.29 is 0 Å². The number of anilines is 1. The summed E-state index contributed by atoms with van der Waals surface area (Å²) in [4.78, 5) is 0. The van der Waals surface area contributed by atoms with E-state index in [0.29, 0.717) is 0 Å². The highest BCUT2D eigenvalue weighted by molar-refractivity contribution is 9.08. The SMILES string of the molecule is CSc1cc2c(N)c(CBr)ccc2s1. The third-order valence-corrected chi connectivity index (χ3v) is 4.92. The minimum Gasteiger partial charge on any atom is -0.398 e. The number of thioether (sulfide) groups is 1. The molecule has 0 spiro atoms. The highest BCUT2D eigenvalue weighted by Gasteiger charge is 2.06. The van der Waals surface area contributed by atoms with Gasteiger partial charge in [-0.3, -0.25) is 0 Å². The zero-order valence-electron chi connectivity index (χ0n) is 7.71. The number of rotatable bonds is 2. The van der Waals surface area contributed by atoms with Crippen LogP contribution >= 0.6 is 39.0 Å². The molecule has 0 amide bonds. The van der Waals surface area contributed by atoms with Gasteiger partial charge in [0.15, 0.2) is 0 Å². The number of hydrogen-bond acceptors (Lipinski definition) is 3. The summed E-state index contributed by atoms with van der Waals surface area (Å²) in [6.45, 7) is 0. The van der Waals surface area contributed by atoms with E-state index in [4.69, 9.17) is 5.73 Å². The Balaban J connectivity index is 2.68. The normalized spacial score (nSPS) is 11.0. The van der Waals surface area contributed by atoms with Crippen molar-refractivity contribution in [3.63, 3.8) is 0 Å². The molecule has 0 aliphatic carbocycles. The topological polar surface area (TPSA) is 26.0 Å².